The number of aryl methyl sites for hydroxylation is 1. The van der Waals surface area contributed by atoms with Crippen molar-refractivity contribution >= 4 is 34.5 Å². The van der Waals surface area contributed by atoms with E-state index in [2.05, 4.69) is 15.5 Å². The van der Waals surface area contributed by atoms with Crippen LogP contribution in [0.1, 0.15) is 25.5 Å². The second-order valence-electron chi connectivity index (χ2n) is 7.04. The molecule has 0 bridgehead atoms. The van der Waals surface area contributed by atoms with Crippen molar-refractivity contribution in [1.82, 2.24) is 14.7 Å². The van der Waals surface area contributed by atoms with Crippen LogP contribution in [0.15, 0.2) is 44.8 Å². The molecule has 2 unspecified atom stereocenters. The van der Waals surface area contributed by atoms with Gasteiger partial charge in [-0.05, 0) is 38.8 Å². The van der Waals surface area contributed by atoms with Crippen molar-refractivity contribution in [3.63, 3.8) is 0 Å². The van der Waals surface area contributed by atoms with Gasteiger partial charge in [0, 0.05) is 12.7 Å². The Balaban J connectivity index is 1.62. The van der Waals surface area contributed by atoms with E-state index in [1.807, 2.05) is 12.1 Å². The van der Waals surface area contributed by atoms with E-state index in [9.17, 15) is 9.59 Å². The molecule has 1 aliphatic rings. The maximum Gasteiger partial charge on any atom is 0.262 e. The topological polar surface area (TPSA) is 99.2 Å². The van der Waals surface area contributed by atoms with Crippen molar-refractivity contribution in [2.24, 2.45) is 0 Å². The summed E-state index contributed by atoms with van der Waals surface area (Å²) in [7, 11) is 0. The molecule has 2 aromatic heterocycles. The van der Waals surface area contributed by atoms with Crippen molar-refractivity contribution in [2.75, 3.05) is 11.9 Å². The lowest BCUT2D eigenvalue weighted by Crippen LogP contribution is -2.30. The molecular formula is C20H22N4O4S. The van der Waals surface area contributed by atoms with Gasteiger partial charge in [-0.1, -0.05) is 29.1 Å². The first-order chi connectivity index (χ1) is 14.0. The SMILES string of the molecule is Cc1cc(NC(=O)C(C)Sc2nc3ccccc3c(=O)n2CC2CCCO2)on1. The summed E-state index contributed by atoms with van der Waals surface area (Å²) in [4.78, 5) is 30.3. The summed E-state index contributed by atoms with van der Waals surface area (Å²) in [6.07, 6.45) is 1.87. The van der Waals surface area contributed by atoms with Gasteiger partial charge < -0.3 is 9.26 Å². The van der Waals surface area contributed by atoms with Crippen LogP contribution >= 0.6 is 11.8 Å². The molecule has 3 heterocycles. The molecule has 3 aromatic rings. The average Bonchev–Trinajstić information content (AvgIpc) is 3.36. The quantitative estimate of drug-likeness (QED) is 0.489. The molecule has 4 rings (SSSR count). The molecule has 0 radical (unpaired) electrons. The highest BCUT2D eigenvalue weighted by Gasteiger charge is 2.23. The van der Waals surface area contributed by atoms with Crippen LogP contribution in [0.2, 0.25) is 0 Å². The zero-order chi connectivity index (χ0) is 20.4. The number of hydrogen-bond donors (Lipinski definition) is 1. The molecular weight excluding hydrogens is 392 g/mol. The van der Waals surface area contributed by atoms with Crippen LogP contribution in [-0.2, 0) is 16.1 Å². The third-order valence-electron chi connectivity index (χ3n) is 4.76. The number of para-hydroxylation sites is 1. The van der Waals surface area contributed by atoms with Crippen LogP contribution in [0.5, 0.6) is 0 Å². The molecule has 1 amide bonds. The lowest BCUT2D eigenvalue weighted by atomic mass is 10.2. The standard InChI is InChI=1S/C20H22N4O4S/c1-12-10-17(28-23-12)22-18(25)13(2)29-20-21-16-8-4-3-7-15(16)19(26)24(20)11-14-6-5-9-27-14/h3-4,7-8,10,13-14H,5-6,9,11H2,1-2H3,(H,22,25). The summed E-state index contributed by atoms with van der Waals surface area (Å²) in [5, 5.41) is 7.02. The summed E-state index contributed by atoms with van der Waals surface area (Å²) in [5.41, 5.74) is 1.18. The minimum Gasteiger partial charge on any atom is -0.376 e. The monoisotopic (exact) mass is 414 g/mol. The molecule has 1 saturated heterocycles. The van der Waals surface area contributed by atoms with Crippen molar-refractivity contribution in [3.05, 3.63) is 46.4 Å². The Morgan fingerprint density at radius 1 is 1.41 bits per heavy atom. The number of fused-ring (bicyclic) bond motifs is 1. The van der Waals surface area contributed by atoms with E-state index >= 15 is 0 Å². The number of benzene rings is 1. The van der Waals surface area contributed by atoms with Crippen LogP contribution in [0.25, 0.3) is 10.9 Å². The van der Waals surface area contributed by atoms with E-state index in [0.29, 0.717) is 40.8 Å². The van der Waals surface area contributed by atoms with Gasteiger partial charge in [-0.2, -0.15) is 0 Å². The molecule has 9 heteroatoms. The fraction of sp³-hybridized carbons (Fsp3) is 0.400. The Labute approximate surface area is 171 Å². The first-order valence-corrected chi connectivity index (χ1v) is 10.4. The Bertz CT molecular complexity index is 1090. The highest BCUT2D eigenvalue weighted by molar-refractivity contribution is 8.00. The van der Waals surface area contributed by atoms with E-state index in [1.165, 1.54) is 11.8 Å². The minimum absolute atomic E-state index is 0.0173. The number of carbonyl (C=O) groups excluding carboxylic acids is 1. The van der Waals surface area contributed by atoms with Gasteiger partial charge in [-0.15, -0.1) is 0 Å². The van der Waals surface area contributed by atoms with Crippen LogP contribution in [0.3, 0.4) is 0 Å². The van der Waals surface area contributed by atoms with Crippen molar-refractivity contribution in [1.29, 1.82) is 0 Å². The van der Waals surface area contributed by atoms with Gasteiger partial charge in [0.25, 0.3) is 5.56 Å². The zero-order valence-electron chi connectivity index (χ0n) is 16.3. The summed E-state index contributed by atoms with van der Waals surface area (Å²) in [6.45, 7) is 4.67. The maximum atomic E-state index is 13.1. The molecule has 2 atom stereocenters. The summed E-state index contributed by atoms with van der Waals surface area (Å²) in [5.74, 6) is 0.0420. The number of ether oxygens (including phenoxy) is 1. The molecule has 8 nitrogen and oxygen atoms in total. The van der Waals surface area contributed by atoms with E-state index in [4.69, 9.17) is 9.26 Å². The number of nitrogens with zero attached hydrogens (tertiary/aromatic N) is 3. The number of nitrogens with one attached hydrogen (secondary N) is 1. The summed E-state index contributed by atoms with van der Waals surface area (Å²) in [6, 6.07) is 8.89. The normalized spacial score (nSPS) is 17.5. The highest BCUT2D eigenvalue weighted by atomic mass is 32.2. The Morgan fingerprint density at radius 3 is 2.97 bits per heavy atom. The molecule has 0 spiro atoms. The third kappa shape index (κ3) is 4.35. The van der Waals surface area contributed by atoms with E-state index in [-0.39, 0.29) is 17.6 Å². The number of rotatable bonds is 6. The van der Waals surface area contributed by atoms with E-state index in [0.717, 1.165) is 12.8 Å². The Morgan fingerprint density at radius 2 is 2.24 bits per heavy atom. The average molecular weight is 414 g/mol. The molecule has 0 saturated carbocycles. The maximum absolute atomic E-state index is 13.1. The summed E-state index contributed by atoms with van der Waals surface area (Å²) < 4.78 is 12.4. The van der Waals surface area contributed by atoms with Crippen molar-refractivity contribution in [2.45, 2.75) is 49.7 Å². The van der Waals surface area contributed by atoms with E-state index < -0.39 is 5.25 Å². The minimum atomic E-state index is -0.496. The van der Waals surface area contributed by atoms with Gasteiger partial charge in [-0.25, -0.2) is 4.98 Å². The number of anilines is 1. The Kier molecular flexibility index (Phi) is 5.68. The molecule has 1 aromatic carbocycles. The lowest BCUT2D eigenvalue weighted by Gasteiger charge is -2.18. The molecule has 1 aliphatic heterocycles. The van der Waals surface area contributed by atoms with Gasteiger partial charge in [0.05, 0.1) is 34.5 Å². The lowest BCUT2D eigenvalue weighted by molar-refractivity contribution is -0.115. The van der Waals surface area contributed by atoms with Crippen LogP contribution in [0, 0.1) is 6.92 Å². The molecule has 1 N–H and O–H groups in total. The largest absolute Gasteiger partial charge is 0.376 e. The fourth-order valence-corrected chi connectivity index (χ4v) is 4.17. The van der Waals surface area contributed by atoms with Crippen molar-refractivity contribution in [3.8, 4) is 0 Å². The first kappa shape index (κ1) is 19.7. The van der Waals surface area contributed by atoms with Crippen LogP contribution < -0.4 is 10.9 Å². The van der Waals surface area contributed by atoms with Crippen LogP contribution in [-0.4, -0.2) is 38.6 Å². The predicted molar refractivity (Wildman–Crippen MR) is 110 cm³/mol. The van der Waals surface area contributed by atoms with Gasteiger partial charge in [0.15, 0.2) is 5.16 Å². The van der Waals surface area contributed by atoms with E-state index in [1.54, 1.807) is 36.6 Å². The first-order valence-electron chi connectivity index (χ1n) is 9.53. The highest BCUT2D eigenvalue weighted by Crippen LogP contribution is 2.25. The number of hydrogen-bond acceptors (Lipinski definition) is 7. The Hall–Kier alpha value is -2.65. The zero-order valence-corrected chi connectivity index (χ0v) is 17.1. The third-order valence-corrected chi connectivity index (χ3v) is 5.85. The van der Waals surface area contributed by atoms with Crippen molar-refractivity contribution < 1.29 is 14.1 Å². The number of amides is 1. The molecule has 0 aliphatic carbocycles. The van der Waals surface area contributed by atoms with Crippen LogP contribution in [0.4, 0.5) is 5.88 Å². The number of thioether (sulfide) groups is 1. The second kappa shape index (κ2) is 8.38. The number of carbonyl (C=O) groups is 1. The molecule has 152 valence electrons. The van der Waals surface area contributed by atoms with Gasteiger partial charge in [-0.3, -0.25) is 19.5 Å². The molecule has 1 fully saturated rings. The second-order valence-corrected chi connectivity index (χ2v) is 8.35. The number of aromatic nitrogens is 3. The smallest absolute Gasteiger partial charge is 0.262 e. The van der Waals surface area contributed by atoms with Gasteiger partial charge in [0.1, 0.15) is 0 Å². The van der Waals surface area contributed by atoms with Gasteiger partial charge >= 0.3 is 0 Å². The molecule has 29 heavy (non-hydrogen) atoms. The predicted octanol–water partition coefficient (Wildman–Crippen LogP) is 2.99. The fourth-order valence-electron chi connectivity index (χ4n) is 3.25. The van der Waals surface area contributed by atoms with Gasteiger partial charge in [0.2, 0.25) is 11.8 Å². The summed E-state index contributed by atoms with van der Waals surface area (Å²) >= 11 is 1.24.